The van der Waals surface area contributed by atoms with Crippen LogP contribution in [0.5, 0.6) is 0 Å². The lowest BCUT2D eigenvalue weighted by Crippen LogP contribution is -2.55. The number of aliphatic hydroxyl groups excluding tert-OH is 4. The van der Waals surface area contributed by atoms with Gasteiger partial charge in [0.15, 0.2) is 0 Å². The molecule has 0 radical (unpaired) electrons. The maximum absolute atomic E-state index is 12.4. The van der Waals surface area contributed by atoms with E-state index in [0.29, 0.717) is 17.7 Å². The van der Waals surface area contributed by atoms with E-state index in [1.54, 1.807) is 24.3 Å². The highest BCUT2D eigenvalue weighted by Crippen LogP contribution is 2.32. The molecule has 1 aliphatic heterocycles. The van der Waals surface area contributed by atoms with Crippen LogP contribution < -0.4 is 5.32 Å². The third-order valence-corrected chi connectivity index (χ3v) is 4.67. The van der Waals surface area contributed by atoms with Crippen LogP contribution in [-0.2, 0) is 11.3 Å². The Hall–Kier alpha value is -2.29. The summed E-state index contributed by atoms with van der Waals surface area (Å²) in [7, 11) is 0. The van der Waals surface area contributed by atoms with Gasteiger partial charge in [-0.15, -0.1) is 0 Å². The number of carbonyl (C=O) groups excluding carboxylic acids is 1. The van der Waals surface area contributed by atoms with Gasteiger partial charge >= 0.3 is 0 Å². The molecule has 3 rings (SSSR count). The summed E-state index contributed by atoms with van der Waals surface area (Å²) in [4.78, 5) is 12.4. The van der Waals surface area contributed by atoms with Crippen molar-refractivity contribution >= 4 is 5.91 Å². The molecule has 1 aliphatic rings. The molecule has 0 spiro atoms. The Labute approximate surface area is 156 Å². The molecule has 0 aliphatic carbocycles. The Balaban J connectivity index is 1.73. The number of rotatable bonds is 5. The molecule has 27 heavy (non-hydrogen) atoms. The molecule has 0 saturated carbocycles. The van der Waals surface area contributed by atoms with Gasteiger partial charge < -0.3 is 30.5 Å². The fourth-order valence-electron chi connectivity index (χ4n) is 3.11. The summed E-state index contributed by atoms with van der Waals surface area (Å²) in [6.45, 7) is -0.122. The minimum atomic E-state index is -1.46. The van der Waals surface area contributed by atoms with Gasteiger partial charge in [0.05, 0.1) is 6.61 Å². The molecule has 5 atom stereocenters. The van der Waals surface area contributed by atoms with Crippen LogP contribution in [0, 0.1) is 0 Å². The molecule has 7 nitrogen and oxygen atoms in total. The van der Waals surface area contributed by atoms with Gasteiger partial charge in [-0.05, 0) is 23.3 Å². The van der Waals surface area contributed by atoms with Crippen molar-refractivity contribution in [3.8, 4) is 0 Å². The number of hydrogen-bond donors (Lipinski definition) is 5. The van der Waals surface area contributed by atoms with Crippen molar-refractivity contribution in [2.45, 2.75) is 37.1 Å². The summed E-state index contributed by atoms with van der Waals surface area (Å²) in [6.07, 6.45) is -6.23. The van der Waals surface area contributed by atoms with Gasteiger partial charge in [0.1, 0.15) is 30.5 Å². The Morgan fingerprint density at radius 3 is 2.41 bits per heavy atom. The fourth-order valence-corrected chi connectivity index (χ4v) is 3.11. The van der Waals surface area contributed by atoms with Crippen LogP contribution in [0.1, 0.15) is 27.6 Å². The van der Waals surface area contributed by atoms with Crippen molar-refractivity contribution < 1.29 is 30.0 Å². The van der Waals surface area contributed by atoms with Crippen molar-refractivity contribution in [1.29, 1.82) is 0 Å². The standard InChI is InChI=1S/C20H23NO6/c22-11-15-16(23)17(24)18(25)19(27-15)13-7-4-8-14(9-13)20(26)21-10-12-5-2-1-3-6-12/h1-9,15-19,22-25H,10-11H2,(H,21,26)/t15-,16-,17+,18+,19-/m1/s1. The van der Waals surface area contributed by atoms with E-state index in [1.807, 2.05) is 30.3 Å². The zero-order valence-electron chi connectivity index (χ0n) is 14.6. The number of ether oxygens (including phenoxy) is 1. The first-order valence-electron chi connectivity index (χ1n) is 8.74. The fraction of sp³-hybridized carbons (Fsp3) is 0.350. The second-order valence-corrected chi connectivity index (χ2v) is 6.54. The summed E-state index contributed by atoms with van der Waals surface area (Å²) in [5, 5.41) is 42.2. The first-order valence-corrected chi connectivity index (χ1v) is 8.74. The number of hydrogen-bond acceptors (Lipinski definition) is 6. The summed E-state index contributed by atoms with van der Waals surface area (Å²) in [5.41, 5.74) is 1.82. The van der Waals surface area contributed by atoms with E-state index in [9.17, 15) is 25.2 Å². The third-order valence-electron chi connectivity index (χ3n) is 4.67. The zero-order valence-corrected chi connectivity index (χ0v) is 14.6. The van der Waals surface area contributed by atoms with Crippen LogP contribution in [0.2, 0.25) is 0 Å². The van der Waals surface area contributed by atoms with E-state index in [0.717, 1.165) is 5.56 Å². The van der Waals surface area contributed by atoms with Crippen molar-refractivity contribution in [3.05, 3.63) is 71.3 Å². The molecule has 2 aromatic carbocycles. The molecule has 1 fully saturated rings. The highest BCUT2D eigenvalue weighted by molar-refractivity contribution is 5.94. The molecular formula is C20H23NO6. The SMILES string of the molecule is O=C(NCc1ccccc1)c1cccc([C@H]2O[C@H](CO)[C@@H](O)[C@H](O)[C@@H]2O)c1. The molecule has 7 heteroatoms. The van der Waals surface area contributed by atoms with Crippen LogP contribution in [0.15, 0.2) is 54.6 Å². The molecule has 1 saturated heterocycles. The smallest absolute Gasteiger partial charge is 0.251 e. The molecular weight excluding hydrogens is 350 g/mol. The minimum absolute atomic E-state index is 0.287. The van der Waals surface area contributed by atoms with Gasteiger partial charge in [-0.25, -0.2) is 0 Å². The van der Waals surface area contributed by atoms with Crippen LogP contribution in [0.3, 0.4) is 0 Å². The van der Waals surface area contributed by atoms with Gasteiger partial charge in [0.25, 0.3) is 5.91 Å². The number of nitrogens with one attached hydrogen (secondary N) is 1. The van der Waals surface area contributed by atoms with Crippen molar-refractivity contribution in [2.75, 3.05) is 6.61 Å². The molecule has 5 N–H and O–H groups in total. The predicted octanol–water partition coefficient (Wildman–Crippen LogP) is 0.131. The molecule has 0 aromatic heterocycles. The van der Waals surface area contributed by atoms with Crippen LogP contribution in [0.4, 0.5) is 0 Å². The van der Waals surface area contributed by atoms with Gasteiger partial charge in [0.2, 0.25) is 0 Å². The van der Waals surface area contributed by atoms with Gasteiger partial charge in [-0.3, -0.25) is 4.79 Å². The summed E-state index contributed by atoms with van der Waals surface area (Å²) in [5.74, 6) is -0.287. The lowest BCUT2D eigenvalue weighted by Gasteiger charge is -2.40. The maximum atomic E-state index is 12.4. The number of benzene rings is 2. The van der Waals surface area contributed by atoms with E-state index in [4.69, 9.17) is 4.74 Å². The Bertz CT molecular complexity index is 766. The van der Waals surface area contributed by atoms with Gasteiger partial charge in [-0.2, -0.15) is 0 Å². The summed E-state index contributed by atoms with van der Waals surface area (Å²) >= 11 is 0. The maximum Gasteiger partial charge on any atom is 0.251 e. The minimum Gasteiger partial charge on any atom is -0.394 e. The van der Waals surface area contributed by atoms with Gasteiger partial charge in [-0.1, -0.05) is 42.5 Å². The lowest BCUT2D eigenvalue weighted by molar-refractivity contribution is -0.231. The summed E-state index contributed by atoms with van der Waals surface area (Å²) in [6, 6.07) is 16.0. The van der Waals surface area contributed by atoms with Crippen molar-refractivity contribution in [1.82, 2.24) is 5.32 Å². The normalized spacial score (nSPS) is 27.9. The second kappa shape index (κ2) is 8.60. The average molecular weight is 373 g/mol. The lowest BCUT2D eigenvalue weighted by atomic mass is 9.90. The zero-order chi connectivity index (χ0) is 19.4. The highest BCUT2D eigenvalue weighted by atomic mass is 16.5. The van der Waals surface area contributed by atoms with E-state index in [2.05, 4.69) is 5.32 Å². The van der Waals surface area contributed by atoms with Crippen LogP contribution in [0.25, 0.3) is 0 Å². The monoisotopic (exact) mass is 373 g/mol. The molecule has 1 heterocycles. The molecule has 2 aromatic rings. The number of carbonyl (C=O) groups is 1. The first-order chi connectivity index (χ1) is 13.0. The molecule has 1 amide bonds. The molecule has 0 bridgehead atoms. The third kappa shape index (κ3) is 4.35. The van der Waals surface area contributed by atoms with E-state index in [1.165, 1.54) is 0 Å². The Morgan fingerprint density at radius 1 is 0.963 bits per heavy atom. The van der Waals surface area contributed by atoms with Crippen LogP contribution >= 0.6 is 0 Å². The Kier molecular flexibility index (Phi) is 6.20. The van der Waals surface area contributed by atoms with E-state index >= 15 is 0 Å². The number of amides is 1. The highest BCUT2D eigenvalue weighted by Gasteiger charge is 2.43. The van der Waals surface area contributed by atoms with Crippen molar-refractivity contribution in [2.24, 2.45) is 0 Å². The molecule has 0 unspecified atom stereocenters. The van der Waals surface area contributed by atoms with Gasteiger partial charge in [0, 0.05) is 12.1 Å². The summed E-state index contributed by atoms with van der Waals surface area (Å²) < 4.78 is 5.54. The Morgan fingerprint density at radius 2 is 1.70 bits per heavy atom. The molecule has 144 valence electrons. The largest absolute Gasteiger partial charge is 0.394 e. The van der Waals surface area contributed by atoms with E-state index < -0.39 is 37.1 Å². The van der Waals surface area contributed by atoms with E-state index in [-0.39, 0.29) is 5.91 Å². The second-order valence-electron chi connectivity index (χ2n) is 6.54. The van der Waals surface area contributed by atoms with Crippen LogP contribution in [-0.4, -0.2) is 57.4 Å². The first kappa shape index (κ1) is 19.5. The topological polar surface area (TPSA) is 119 Å². The number of aliphatic hydroxyl groups is 4. The predicted molar refractivity (Wildman–Crippen MR) is 96.8 cm³/mol. The average Bonchev–Trinajstić information content (AvgIpc) is 2.71. The van der Waals surface area contributed by atoms with Crippen molar-refractivity contribution in [3.63, 3.8) is 0 Å². The quantitative estimate of drug-likeness (QED) is 0.508.